The second-order valence-corrected chi connectivity index (χ2v) is 4.49. The van der Waals surface area contributed by atoms with Gasteiger partial charge in [-0.2, -0.15) is 0 Å². The van der Waals surface area contributed by atoms with Crippen molar-refractivity contribution in [1.29, 1.82) is 0 Å². The quantitative estimate of drug-likeness (QED) is 0.348. The monoisotopic (exact) mass is 302 g/mol. The van der Waals surface area contributed by atoms with Gasteiger partial charge in [0.25, 0.3) is 6.47 Å². The van der Waals surface area contributed by atoms with Crippen molar-refractivity contribution in [3.05, 3.63) is 0 Å². The smallest absolute Gasteiger partial charge is 0.308 e. The highest BCUT2D eigenvalue weighted by molar-refractivity contribution is 6.45. The van der Waals surface area contributed by atoms with Crippen LogP contribution in [-0.4, -0.2) is 29.0 Å². The Hall–Kier alpha value is -0.480. The number of hydrogen-bond acceptors (Lipinski definition) is 3. The summed E-state index contributed by atoms with van der Waals surface area (Å²) in [6, 6.07) is 0. The molecule has 0 atom stereocenters. The third-order valence-corrected chi connectivity index (χ3v) is 1.89. The molecule has 0 fully saturated rings. The highest BCUT2D eigenvalue weighted by Crippen LogP contribution is 2.07. The molecule has 0 amide bonds. The van der Waals surface area contributed by atoms with E-state index >= 15 is 0 Å². The van der Waals surface area contributed by atoms with Gasteiger partial charge in [-0.15, -0.1) is 23.2 Å². The molecular weight excluding hydrogens is 279 g/mol. The molecule has 0 saturated heterocycles. The molecule has 0 aromatic rings. The number of alkyl halides is 2. The van der Waals surface area contributed by atoms with E-state index in [2.05, 4.69) is 18.6 Å². The van der Waals surface area contributed by atoms with Gasteiger partial charge >= 0.3 is 5.97 Å². The zero-order chi connectivity index (χ0) is 14.8. The van der Waals surface area contributed by atoms with E-state index in [-0.39, 0.29) is 18.9 Å². The normalized spacial score (nSPS) is 8.56. The van der Waals surface area contributed by atoms with Crippen LogP contribution >= 0.6 is 23.2 Å². The van der Waals surface area contributed by atoms with Crippen LogP contribution in [0.15, 0.2) is 0 Å². The van der Waals surface area contributed by atoms with Crippen molar-refractivity contribution >= 4 is 35.6 Å². The molecule has 6 heteroatoms. The number of carbonyl (C=O) groups is 2. The van der Waals surface area contributed by atoms with E-state index in [1.807, 2.05) is 0 Å². The number of rotatable bonds is 6. The Balaban J connectivity index is -0.000000216. The standard InChI is InChI=1S/C6H14.C5H8Cl2O2.CH2O2/c1-3-5-6-4-2;1-2-9-5(8)3-4(6)7;2-1-3/h3-6H2,1-2H3;4H,2-3H2,1H3;1H,(H,2,3). The van der Waals surface area contributed by atoms with Crippen molar-refractivity contribution in [1.82, 2.24) is 0 Å². The highest BCUT2D eigenvalue weighted by Gasteiger charge is 2.06. The first kappa shape index (κ1) is 22.7. The maximum atomic E-state index is 10.5. The molecule has 1 N–H and O–H groups in total. The largest absolute Gasteiger partial charge is 0.483 e. The summed E-state index contributed by atoms with van der Waals surface area (Å²) in [6.07, 6.45) is 5.60. The number of ether oxygens (including phenoxy) is 1. The first-order valence-electron chi connectivity index (χ1n) is 6.01. The summed E-state index contributed by atoms with van der Waals surface area (Å²) in [6.45, 7) is 6.32. The molecule has 0 bridgehead atoms. The van der Waals surface area contributed by atoms with Crippen LogP contribution in [0.1, 0.15) is 52.9 Å². The number of hydrogen-bond donors (Lipinski definition) is 1. The second kappa shape index (κ2) is 21.8. The van der Waals surface area contributed by atoms with Crippen LogP contribution in [0.5, 0.6) is 0 Å². The first-order chi connectivity index (χ1) is 8.49. The average molecular weight is 303 g/mol. The molecule has 0 aromatic heterocycles. The second-order valence-electron chi connectivity index (χ2n) is 3.21. The summed E-state index contributed by atoms with van der Waals surface area (Å²) in [5.74, 6) is -0.354. The molecule has 0 spiro atoms. The zero-order valence-electron chi connectivity index (χ0n) is 11.3. The molecule has 0 rings (SSSR count). The van der Waals surface area contributed by atoms with Gasteiger partial charge in [0, 0.05) is 0 Å². The highest BCUT2D eigenvalue weighted by atomic mass is 35.5. The van der Waals surface area contributed by atoms with E-state index in [4.69, 9.17) is 33.1 Å². The molecular formula is C12H24Cl2O4. The van der Waals surface area contributed by atoms with Crippen LogP contribution in [0.4, 0.5) is 0 Å². The van der Waals surface area contributed by atoms with Crippen LogP contribution in [0.3, 0.4) is 0 Å². The van der Waals surface area contributed by atoms with Crippen molar-refractivity contribution in [2.45, 2.75) is 57.7 Å². The maximum absolute atomic E-state index is 10.5. The van der Waals surface area contributed by atoms with Crippen LogP contribution in [0, 0.1) is 0 Å². The predicted molar refractivity (Wildman–Crippen MR) is 75.3 cm³/mol. The van der Waals surface area contributed by atoms with Gasteiger partial charge in [0.1, 0.15) is 4.84 Å². The minimum Gasteiger partial charge on any atom is -0.483 e. The van der Waals surface area contributed by atoms with E-state index in [9.17, 15) is 4.79 Å². The maximum Gasteiger partial charge on any atom is 0.308 e. The predicted octanol–water partition coefficient (Wildman–Crippen LogP) is 4.03. The van der Waals surface area contributed by atoms with Gasteiger partial charge < -0.3 is 9.84 Å². The molecule has 4 nitrogen and oxygen atoms in total. The first-order valence-corrected chi connectivity index (χ1v) is 6.88. The lowest BCUT2D eigenvalue weighted by Crippen LogP contribution is -2.07. The Morgan fingerprint density at radius 2 is 1.61 bits per heavy atom. The van der Waals surface area contributed by atoms with Crippen molar-refractivity contribution in [3.8, 4) is 0 Å². The fourth-order valence-electron chi connectivity index (χ4n) is 0.846. The van der Waals surface area contributed by atoms with Crippen molar-refractivity contribution in [2.75, 3.05) is 6.61 Å². The van der Waals surface area contributed by atoms with Gasteiger partial charge in [-0.1, -0.05) is 39.5 Å². The summed E-state index contributed by atoms with van der Waals surface area (Å²) in [4.78, 5) is 18.2. The van der Waals surface area contributed by atoms with E-state index in [0.717, 1.165) is 0 Å². The van der Waals surface area contributed by atoms with Gasteiger partial charge in [0.05, 0.1) is 13.0 Å². The molecule has 0 radical (unpaired) electrons. The number of unbranched alkanes of at least 4 members (excludes halogenated alkanes) is 3. The lowest BCUT2D eigenvalue weighted by atomic mass is 10.2. The molecule has 0 aliphatic rings. The Labute approximate surface area is 120 Å². The molecule has 0 aliphatic heterocycles. The molecule has 0 heterocycles. The molecule has 0 aromatic carbocycles. The Kier molecular flexibility index (Phi) is 27.4. The average Bonchev–Trinajstić information content (AvgIpc) is 2.27. The third-order valence-electron chi connectivity index (χ3n) is 1.58. The number of carboxylic acid groups (broad SMARTS) is 1. The van der Waals surface area contributed by atoms with E-state index in [1.165, 1.54) is 25.7 Å². The van der Waals surface area contributed by atoms with Gasteiger partial charge in [-0.25, -0.2) is 0 Å². The number of halogens is 2. The summed E-state index contributed by atoms with van der Waals surface area (Å²) in [7, 11) is 0. The van der Waals surface area contributed by atoms with Gasteiger partial charge in [-0.05, 0) is 6.92 Å². The Morgan fingerprint density at radius 3 is 1.83 bits per heavy atom. The van der Waals surface area contributed by atoms with Crippen molar-refractivity contribution in [2.24, 2.45) is 0 Å². The van der Waals surface area contributed by atoms with Gasteiger partial charge in [0.15, 0.2) is 0 Å². The molecule has 18 heavy (non-hydrogen) atoms. The minimum absolute atomic E-state index is 0.0664. The summed E-state index contributed by atoms with van der Waals surface area (Å²) >= 11 is 10.5. The molecule has 0 unspecified atom stereocenters. The topological polar surface area (TPSA) is 63.6 Å². The van der Waals surface area contributed by atoms with Crippen LogP contribution in [0.2, 0.25) is 0 Å². The van der Waals surface area contributed by atoms with Gasteiger partial charge in [-0.3, -0.25) is 9.59 Å². The summed E-state index contributed by atoms with van der Waals surface area (Å²) < 4.78 is 4.54. The zero-order valence-corrected chi connectivity index (χ0v) is 12.8. The van der Waals surface area contributed by atoms with E-state index in [1.54, 1.807) is 6.92 Å². The van der Waals surface area contributed by atoms with Crippen molar-refractivity contribution in [3.63, 3.8) is 0 Å². The van der Waals surface area contributed by atoms with Crippen LogP contribution < -0.4 is 0 Å². The van der Waals surface area contributed by atoms with Crippen LogP contribution in [0.25, 0.3) is 0 Å². The minimum atomic E-state index is -0.649. The van der Waals surface area contributed by atoms with E-state index < -0.39 is 4.84 Å². The third kappa shape index (κ3) is 36.1. The lowest BCUT2D eigenvalue weighted by molar-refractivity contribution is -0.142. The fraction of sp³-hybridized carbons (Fsp3) is 0.833. The fourth-order valence-corrected chi connectivity index (χ4v) is 1.10. The Morgan fingerprint density at radius 1 is 1.22 bits per heavy atom. The van der Waals surface area contributed by atoms with Gasteiger partial charge in [0.2, 0.25) is 0 Å². The molecule has 0 saturated carbocycles. The SMILES string of the molecule is CCCCCC.CCOC(=O)CC(Cl)Cl.O=CO. The lowest BCUT2D eigenvalue weighted by Gasteiger charge is -1.99. The summed E-state index contributed by atoms with van der Waals surface area (Å²) in [5.41, 5.74) is 0. The van der Waals surface area contributed by atoms with Crippen molar-refractivity contribution < 1.29 is 19.4 Å². The van der Waals surface area contributed by atoms with Crippen LogP contribution in [-0.2, 0) is 14.3 Å². The number of carbonyl (C=O) groups excluding carboxylic acids is 1. The molecule has 110 valence electrons. The summed E-state index contributed by atoms with van der Waals surface area (Å²) in [5, 5.41) is 6.89. The van der Waals surface area contributed by atoms with E-state index in [0.29, 0.717) is 6.61 Å². The Bertz CT molecular complexity index is 171. The molecule has 0 aliphatic carbocycles. The number of esters is 1.